The molecule has 1 saturated carbocycles. The standard InChI is InChI=1S/C18H22N2O2/c1-21-16-10-9-14(13-20-18-8-4-5-11-19-18)17(12-16)22-15-6-2-3-7-15/h4-5,8-12,15H,2-3,6-7,13H2,1H3,(H,19,20). The van der Waals surface area contributed by atoms with Crippen molar-refractivity contribution in [3.05, 3.63) is 48.2 Å². The highest BCUT2D eigenvalue weighted by Gasteiger charge is 2.18. The second kappa shape index (κ2) is 7.16. The van der Waals surface area contributed by atoms with Crippen molar-refractivity contribution in [1.29, 1.82) is 0 Å². The number of benzene rings is 1. The zero-order chi connectivity index (χ0) is 15.2. The topological polar surface area (TPSA) is 43.4 Å². The number of rotatable bonds is 6. The smallest absolute Gasteiger partial charge is 0.128 e. The average Bonchev–Trinajstić information content (AvgIpc) is 3.07. The molecular formula is C18H22N2O2. The fourth-order valence-electron chi connectivity index (χ4n) is 2.76. The Hall–Kier alpha value is -2.23. The lowest BCUT2D eigenvalue weighted by atomic mass is 10.1. The molecule has 116 valence electrons. The lowest BCUT2D eigenvalue weighted by molar-refractivity contribution is 0.207. The molecule has 4 nitrogen and oxygen atoms in total. The van der Waals surface area contributed by atoms with E-state index in [2.05, 4.69) is 16.4 Å². The number of methoxy groups -OCH3 is 1. The Morgan fingerprint density at radius 1 is 1.18 bits per heavy atom. The van der Waals surface area contributed by atoms with E-state index in [0.717, 1.165) is 35.7 Å². The Bertz CT molecular complexity index is 595. The first kappa shape index (κ1) is 14.7. The van der Waals surface area contributed by atoms with Crippen LogP contribution in [0.15, 0.2) is 42.6 Å². The van der Waals surface area contributed by atoms with Crippen LogP contribution in [0.25, 0.3) is 0 Å². The number of ether oxygens (including phenoxy) is 2. The molecule has 1 aliphatic carbocycles. The Morgan fingerprint density at radius 2 is 2.05 bits per heavy atom. The highest BCUT2D eigenvalue weighted by Crippen LogP contribution is 2.30. The maximum absolute atomic E-state index is 6.20. The van der Waals surface area contributed by atoms with Gasteiger partial charge in [0.05, 0.1) is 13.2 Å². The summed E-state index contributed by atoms with van der Waals surface area (Å²) in [6.45, 7) is 0.684. The van der Waals surface area contributed by atoms with Crippen molar-refractivity contribution in [2.24, 2.45) is 0 Å². The fourth-order valence-corrected chi connectivity index (χ4v) is 2.76. The van der Waals surface area contributed by atoms with Crippen LogP contribution in [0.4, 0.5) is 5.82 Å². The molecule has 1 aromatic carbocycles. The Morgan fingerprint density at radius 3 is 2.77 bits per heavy atom. The predicted molar refractivity (Wildman–Crippen MR) is 87.4 cm³/mol. The van der Waals surface area contributed by atoms with Crippen molar-refractivity contribution in [3.63, 3.8) is 0 Å². The minimum absolute atomic E-state index is 0.334. The van der Waals surface area contributed by atoms with Gasteiger partial charge in [-0.15, -0.1) is 0 Å². The zero-order valence-electron chi connectivity index (χ0n) is 12.9. The van der Waals surface area contributed by atoms with Gasteiger partial charge in [0, 0.05) is 24.4 Å². The van der Waals surface area contributed by atoms with Gasteiger partial charge in [0.2, 0.25) is 0 Å². The predicted octanol–water partition coefficient (Wildman–Crippen LogP) is 4.02. The number of hydrogen-bond acceptors (Lipinski definition) is 4. The highest BCUT2D eigenvalue weighted by atomic mass is 16.5. The van der Waals surface area contributed by atoms with Crippen molar-refractivity contribution in [1.82, 2.24) is 4.98 Å². The fraction of sp³-hybridized carbons (Fsp3) is 0.389. The SMILES string of the molecule is COc1ccc(CNc2ccccn2)c(OC2CCCC2)c1. The van der Waals surface area contributed by atoms with Crippen LogP contribution in [-0.2, 0) is 6.54 Å². The van der Waals surface area contributed by atoms with Crippen LogP contribution < -0.4 is 14.8 Å². The summed E-state index contributed by atoms with van der Waals surface area (Å²) < 4.78 is 11.5. The summed E-state index contributed by atoms with van der Waals surface area (Å²) in [7, 11) is 1.68. The van der Waals surface area contributed by atoms with Crippen molar-refractivity contribution in [3.8, 4) is 11.5 Å². The molecule has 0 aliphatic heterocycles. The zero-order valence-corrected chi connectivity index (χ0v) is 12.9. The monoisotopic (exact) mass is 298 g/mol. The molecular weight excluding hydrogens is 276 g/mol. The van der Waals surface area contributed by atoms with E-state index in [9.17, 15) is 0 Å². The van der Waals surface area contributed by atoms with Gasteiger partial charge in [-0.2, -0.15) is 0 Å². The number of pyridine rings is 1. The lowest BCUT2D eigenvalue weighted by Crippen LogP contribution is -2.13. The highest BCUT2D eigenvalue weighted by molar-refractivity contribution is 5.44. The van der Waals surface area contributed by atoms with Crippen LogP contribution >= 0.6 is 0 Å². The van der Waals surface area contributed by atoms with E-state index in [1.54, 1.807) is 13.3 Å². The quantitative estimate of drug-likeness (QED) is 0.874. The van der Waals surface area contributed by atoms with Crippen LogP contribution in [-0.4, -0.2) is 18.2 Å². The van der Waals surface area contributed by atoms with Gasteiger partial charge < -0.3 is 14.8 Å². The molecule has 3 rings (SSSR count). The summed E-state index contributed by atoms with van der Waals surface area (Å²) in [5.41, 5.74) is 1.12. The molecule has 0 spiro atoms. The van der Waals surface area contributed by atoms with Crippen molar-refractivity contribution in [2.75, 3.05) is 12.4 Å². The normalized spacial score (nSPS) is 14.8. The molecule has 4 heteroatoms. The summed E-state index contributed by atoms with van der Waals surface area (Å²) in [6.07, 6.45) is 6.92. The molecule has 1 aromatic heterocycles. The van der Waals surface area contributed by atoms with E-state index >= 15 is 0 Å². The van der Waals surface area contributed by atoms with Gasteiger partial charge in [-0.3, -0.25) is 0 Å². The van der Waals surface area contributed by atoms with Gasteiger partial charge in [-0.05, 0) is 49.9 Å². The summed E-state index contributed by atoms with van der Waals surface area (Å²) in [5, 5.41) is 3.33. The molecule has 1 N–H and O–H groups in total. The molecule has 0 unspecified atom stereocenters. The summed E-state index contributed by atoms with van der Waals surface area (Å²) in [4.78, 5) is 4.28. The maximum Gasteiger partial charge on any atom is 0.128 e. The molecule has 0 radical (unpaired) electrons. The van der Waals surface area contributed by atoms with Gasteiger partial charge in [0.1, 0.15) is 17.3 Å². The number of hydrogen-bond donors (Lipinski definition) is 1. The van der Waals surface area contributed by atoms with Crippen molar-refractivity contribution < 1.29 is 9.47 Å². The van der Waals surface area contributed by atoms with Crippen LogP contribution in [0.2, 0.25) is 0 Å². The second-order valence-corrected chi connectivity index (χ2v) is 5.57. The third-order valence-corrected chi connectivity index (χ3v) is 4.00. The second-order valence-electron chi connectivity index (χ2n) is 5.57. The summed E-state index contributed by atoms with van der Waals surface area (Å²) >= 11 is 0. The first-order valence-corrected chi connectivity index (χ1v) is 7.83. The van der Waals surface area contributed by atoms with Crippen LogP contribution in [0.1, 0.15) is 31.2 Å². The van der Waals surface area contributed by atoms with E-state index in [4.69, 9.17) is 9.47 Å². The van der Waals surface area contributed by atoms with E-state index in [0.29, 0.717) is 12.6 Å². The molecule has 1 aliphatic rings. The molecule has 0 bridgehead atoms. The Kier molecular flexibility index (Phi) is 4.78. The first-order chi connectivity index (χ1) is 10.8. The Balaban J connectivity index is 1.73. The van der Waals surface area contributed by atoms with Gasteiger partial charge >= 0.3 is 0 Å². The number of anilines is 1. The van der Waals surface area contributed by atoms with E-state index in [1.165, 1.54) is 12.8 Å². The van der Waals surface area contributed by atoms with Crippen LogP contribution in [0, 0.1) is 0 Å². The molecule has 1 heterocycles. The van der Waals surface area contributed by atoms with E-state index in [-0.39, 0.29) is 0 Å². The van der Waals surface area contributed by atoms with Gasteiger partial charge in [0.25, 0.3) is 0 Å². The molecule has 0 saturated heterocycles. The van der Waals surface area contributed by atoms with E-state index < -0.39 is 0 Å². The molecule has 22 heavy (non-hydrogen) atoms. The summed E-state index contributed by atoms with van der Waals surface area (Å²) in [6, 6.07) is 11.8. The average molecular weight is 298 g/mol. The number of nitrogens with one attached hydrogen (secondary N) is 1. The van der Waals surface area contributed by atoms with E-state index in [1.807, 2.05) is 30.3 Å². The minimum Gasteiger partial charge on any atom is -0.497 e. The summed E-state index contributed by atoms with van der Waals surface area (Å²) in [5.74, 6) is 2.61. The number of aromatic nitrogens is 1. The number of nitrogens with zero attached hydrogens (tertiary/aromatic N) is 1. The third-order valence-electron chi connectivity index (χ3n) is 4.00. The minimum atomic E-state index is 0.334. The first-order valence-electron chi connectivity index (χ1n) is 7.83. The maximum atomic E-state index is 6.20. The van der Waals surface area contributed by atoms with Crippen molar-refractivity contribution in [2.45, 2.75) is 38.3 Å². The van der Waals surface area contributed by atoms with Gasteiger partial charge in [0.15, 0.2) is 0 Å². The lowest BCUT2D eigenvalue weighted by Gasteiger charge is -2.18. The van der Waals surface area contributed by atoms with Gasteiger partial charge in [-0.25, -0.2) is 4.98 Å². The molecule has 0 atom stereocenters. The van der Waals surface area contributed by atoms with Crippen molar-refractivity contribution >= 4 is 5.82 Å². The third kappa shape index (κ3) is 3.70. The van der Waals surface area contributed by atoms with Crippen LogP contribution in [0.5, 0.6) is 11.5 Å². The molecule has 1 fully saturated rings. The largest absolute Gasteiger partial charge is 0.497 e. The van der Waals surface area contributed by atoms with Crippen LogP contribution in [0.3, 0.4) is 0 Å². The molecule has 2 aromatic rings. The van der Waals surface area contributed by atoms with Gasteiger partial charge in [-0.1, -0.05) is 6.07 Å². The molecule has 0 amide bonds. The Labute approximate surface area is 131 Å².